The summed E-state index contributed by atoms with van der Waals surface area (Å²) in [5.41, 5.74) is 6.96. The van der Waals surface area contributed by atoms with E-state index in [1.54, 1.807) is 0 Å². The molecule has 4 nitrogen and oxygen atoms in total. The summed E-state index contributed by atoms with van der Waals surface area (Å²) in [5, 5.41) is 0. The molecule has 0 aliphatic carbocycles. The minimum atomic E-state index is 0.0867. The molecule has 1 rings (SSSR count). The van der Waals surface area contributed by atoms with Gasteiger partial charge in [-0.3, -0.25) is 0 Å². The fourth-order valence-corrected chi connectivity index (χ4v) is 1.65. The van der Waals surface area contributed by atoms with Crippen molar-refractivity contribution in [1.82, 2.24) is 9.97 Å². The quantitative estimate of drug-likeness (QED) is 0.820. The molecule has 0 aliphatic heterocycles. The van der Waals surface area contributed by atoms with Crippen LogP contribution >= 0.6 is 0 Å². The fraction of sp³-hybridized carbons (Fsp3) is 0.692. The van der Waals surface area contributed by atoms with Crippen molar-refractivity contribution in [2.24, 2.45) is 11.1 Å². The molecule has 0 spiro atoms. The fourth-order valence-electron chi connectivity index (χ4n) is 1.65. The molecule has 17 heavy (non-hydrogen) atoms. The van der Waals surface area contributed by atoms with Crippen LogP contribution in [0.25, 0.3) is 0 Å². The number of aromatic nitrogens is 2. The summed E-state index contributed by atoms with van der Waals surface area (Å²) in [6, 6.07) is 0. The van der Waals surface area contributed by atoms with Gasteiger partial charge in [0.1, 0.15) is 0 Å². The van der Waals surface area contributed by atoms with Crippen molar-refractivity contribution in [3.05, 3.63) is 18.0 Å². The number of anilines is 1. The topological polar surface area (TPSA) is 55.0 Å². The van der Waals surface area contributed by atoms with Gasteiger partial charge in [0.15, 0.2) is 0 Å². The first-order chi connectivity index (χ1) is 7.98. The number of aryl methyl sites for hydroxylation is 1. The van der Waals surface area contributed by atoms with Gasteiger partial charge in [-0.25, -0.2) is 9.97 Å². The Labute approximate surface area is 104 Å². The van der Waals surface area contributed by atoms with Gasteiger partial charge in [-0.1, -0.05) is 20.8 Å². The highest BCUT2D eigenvalue weighted by molar-refractivity contribution is 5.30. The van der Waals surface area contributed by atoms with Gasteiger partial charge in [0.25, 0.3) is 0 Å². The molecule has 0 aliphatic rings. The molecule has 1 aromatic heterocycles. The van der Waals surface area contributed by atoms with E-state index in [0.29, 0.717) is 6.54 Å². The third-order valence-electron chi connectivity index (χ3n) is 2.72. The highest BCUT2D eigenvalue weighted by Crippen LogP contribution is 2.18. The Morgan fingerprint density at radius 3 is 2.35 bits per heavy atom. The van der Waals surface area contributed by atoms with Crippen molar-refractivity contribution in [3.63, 3.8) is 0 Å². The number of nitrogens with two attached hydrogens (primary N) is 1. The van der Waals surface area contributed by atoms with Crippen LogP contribution in [0.3, 0.4) is 0 Å². The predicted octanol–water partition coefficient (Wildman–Crippen LogP) is 1.99. The van der Waals surface area contributed by atoms with Gasteiger partial charge < -0.3 is 10.6 Å². The van der Waals surface area contributed by atoms with Crippen molar-refractivity contribution in [2.75, 3.05) is 24.5 Å². The van der Waals surface area contributed by atoms with E-state index in [4.69, 9.17) is 5.73 Å². The maximum atomic E-state index is 5.79. The van der Waals surface area contributed by atoms with Crippen LogP contribution < -0.4 is 10.6 Å². The van der Waals surface area contributed by atoms with Crippen molar-refractivity contribution >= 4 is 5.95 Å². The molecule has 0 saturated carbocycles. The molecule has 1 heterocycles. The minimum Gasteiger partial charge on any atom is -0.340 e. The van der Waals surface area contributed by atoms with Crippen LogP contribution in [0.15, 0.2) is 12.4 Å². The number of hydrogen-bond donors (Lipinski definition) is 1. The maximum Gasteiger partial charge on any atom is 0.225 e. The van der Waals surface area contributed by atoms with Crippen LogP contribution in [0.5, 0.6) is 0 Å². The van der Waals surface area contributed by atoms with E-state index >= 15 is 0 Å². The van der Waals surface area contributed by atoms with Gasteiger partial charge in [-0.15, -0.1) is 0 Å². The van der Waals surface area contributed by atoms with Gasteiger partial charge in [0.05, 0.1) is 0 Å². The summed E-state index contributed by atoms with van der Waals surface area (Å²) in [7, 11) is 0. The zero-order valence-electron chi connectivity index (χ0n) is 11.4. The van der Waals surface area contributed by atoms with Crippen LogP contribution in [0.1, 0.15) is 32.8 Å². The summed E-state index contributed by atoms with van der Waals surface area (Å²) in [6.45, 7) is 11.0. The van der Waals surface area contributed by atoms with E-state index < -0.39 is 0 Å². The summed E-state index contributed by atoms with van der Waals surface area (Å²) in [4.78, 5) is 11.0. The van der Waals surface area contributed by atoms with Crippen molar-refractivity contribution < 1.29 is 0 Å². The normalized spacial score (nSPS) is 11.6. The lowest BCUT2D eigenvalue weighted by Gasteiger charge is -2.31. The van der Waals surface area contributed by atoms with Crippen LogP contribution in [0.4, 0.5) is 5.95 Å². The first-order valence-electron chi connectivity index (χ1n) is 6.22. The lowest BCUT2D eigenvalue weighted by atomic mass is 9.93. The van der Waals surface area contributed by atoms with Gasteiger partial charge >= 0.3 is 0 Å². The van der Waals surface area contributed by atoms with E-state index in [9.17, 15) is 0 Å². The summed E-state index contributed by atoms with van der Waals surface area (Å²) < 4.78 is 0. The second kappa shape index (κ2) is 5.96. The molecule has 0 saturated heterocycles. The van der Waals surface area contributed by atoms with Crippen molar-refractivity contribution in [1.29, 1.82) is 0 Å². The Morgan fingerprint density at radius 2 is 1.88 bits per heavy atom. The Bertz CT molecular complexity index is 332. The average Bonchev–Trinajstić information content (AvgIpc) is 2.29. The van der Waals surface area contributed by atoms with Crippen LogP contribution in [0.2, 0.25) is 0 Å². The van der Waals surface area contributed by atoms with Gasteiger partial charge in [0.2, 0.25) is 5.95 Å². The van der Waals surface area contributed by atoms with E-state index in [-0.39, 0.29) is 5.41 Å². The summed E-state index contributed by atoms with van der Waals surface area (Å²) >= 11 is 0. The molecule has 96 valence electrons. The van der Waals surface area contributed by atoms with E-state index in [1.807, 2.05) is 19.3 Å². The second-order valence-corrected chi connectivity index (χ2v) is 5.35. The van der Waals surface area contributed by atoms with Crippen LogP contribution in [-0.2, 0) is 0 Å². The molecule has 1 aromatic rings. The highest BCUT2D eigenvalue weighted by atomic mass is 15.2. The molecule has 0 atom stereocenters. The molecule has 2 N–H and O–H groups in total. The Kier molecular flexibility index (Phi) is 4.87. The molecule has 4 heteroatoms. The number of rotatable bonds is 6. The first kappa shape index (κ1) is 13.9. The summed E-state index contributed by atoms with van der Waals surface area (Å²) in [5.74, 6) is 0.805. The zero-order valence-corrected chi connectivity index (χ0v) is 11.4. The standard InChI is InChI=1S/C13H24N4/c1-5-6-17(10-13(3,4)9-14)12-15-7-11(2)8-16-12/h7-8H,5-6,9-10,14H2,1-4H3. The Hall–Kier alpha value is -1.16. The first-order valence-corrected chi connectivity index (χ1v) is 6.22. The second-order valence-electron chi connectivity index (χ2n) is 5.35. The van der Waals surface area contributed by atoms with Crippen LogP contribution in [0, 0.1) is 12.3 Å². The molecule has 0 bridgehead atoms. The number of hydrogen-bond acceptors (Lipinski definition) is 4. The van der Waals surface area contributed by atoms with Gasteiger partial charge in [-0.2, -0.15) is 0 Å². The third-order valence-corrected chi connectivity index (χ3v) is 2.72. The predicted molar refractivity (Wildman–Crippen MR) is 72.1 cm³/mol. The van der Waals surface area contributed by atoms with Crippen molar-refractivity contribution in [2.45, 2.75) is 34.1 Å². The molecule has 0 fully saturated rings. The highest BCUT2D eigenvalue weighted by Gasteiger charge is 2.21. The Morgan fingerprint density at radius 1 is 1.29 bits per heavy atom. The smallest absolute Gasteiger partial charge is 0.225 e. The van der Waals surface area contributed by atoms with E-state index in [2.05, 4.69) is 35.6 Å². The van der Waals surface area contributed by atoms with E-state index in [1.165, 1.54) is 0 Å². The molecular formula is C13H24N4. The molecule has 0 amide bonds. The number of nitrogens with zero attached hydrogens (tertiary/aromatic N) is 3. The summed E-state index contributed by atoms with van der Waals surface area (Å²) in [6.07, 6.45) is 4.80. The monoisotopic (exact) mass is 236 g/mol. The third kappa shape index (κ3) is 4.30. The molecule has 0 radical (unpaired) electrons. The molecular weight excluding hydrogens is 212 g/mol. The SMILES string of the molecule is CCCN(CC(C)(C)CN)c1ncc(C)cn1. The minimum absolute atomic E-state index is 0.0867. The van der Waals surface area contributed by atoms with Crippen molar-refractivity contribution in [3.8, 4) is 0 Å². The lowest BCUT2D eigenvalue weighted by Crippen LogP contribution is -2.40. The largest absolute Gasteiger partial charge is 0.340 e. The maximum absolute atomic E-state index is 5.79. The Balaban J connectivity index is 2.81. The zero-order chi connectivity index (χ0) is 12.9. The van der Waals surface area contributed by atoms with E-state index in [0.717, 1.165) is 31.0 Å². The van der Waals surface area contributed by atoms with Crippen LogP contribution in [-0.4, -0.2) is 29.6 Å². The molecule has 0 aromatic carbocycles. The lowest BCUT2D eigenvalue weighted by molar-refractivity contribution is 0.375. The van der Waals surface area contributed by atoms with Gasteiger partial charge in [-0.05, 0) is 30.9 Å². The van der Waals surface area contributed by atoms with Gasteiger partial charge in [0, 0.05) is 25.5 Å². The average molecular weight is 236 g/mol. The molecule has 0 unspecified atom stereocenters.